The summed E-state index contributed by atoms with van der Waals surface area (Å²) in [6.07, 6.45) is 2.01. The highest BCUT2D eigenvalue weighted by molar-refractivity contribution is 5.94. The van der Waals surface area contributed by atoms with Gasteiger partial charge in [0.25, 0.3) is 5.91 Å². The second-order valence-electron chi connectivity index (χ2n) is 6.91. The van der Waals surface area contributed by atoms with Crippen molar-refractivity contribution in [2.75, 3.05) is 13.1 Å². The number of rotatable bonds is 4. The van der Waals surface area contributed by atoms with E-state index in [0.717, 1.165) is 18.4 Å². The van der Waals surface area contributed by atoms with Crippen molar-refractivity contribution in [1.82, 2.24) is 15.1 Å². The van der Waals surface area contributed by atoms with E-state index in [1.165, 1.54) is 24.3 Å². The van der Waals surface area contributed by atoms with Crippen molar-refractivity contribution < 1.29 is 18.0 Å². The third-order valence-electron chi connectivity index (χ3n) is 4.91. The van der Waals surface area contributed by atoms with Gasteiger partial charge in [0.05, 0.1) is 17.9 Å². The highest BCUT2D eigenvalue weighted by Gasteiger charge is 2.29. The van der Waals surface area contributed by atoms with Gasteiger partial charge in [-0.3, -0.25) is 4.79 Å². The summed E-state index contributed by atoms with van der Waals surface area (Å²) in [4.78, 5) is 14.3. The summed E-state index contributed by atoms with van der Waals surface area (Å²) < 4.78 is 32.7. The van der Waals surface area contributed by atoms with Crippen LogP contribution in [0.5, 0.6) is 0 Å². The van der Waals surface area contributed by atoms with E-state index in [2.05, 4.69) is 10.2 Å². The van der Waals surface area contributed by atoms with Crippen LogP contribution in [0, 0.1) is 11.6 Å². The summed E-state index contributed by atoms with van der Waals surface area (Å²) in [5.41, 5.74) is 0.947. The molecule has 7 heteroatoms. The number of piperidine rings is 1. The lowest BCUT2D eigenvalue weighted by Crippen LogP contribution is -2.39. The van der Waals surface area contributed by atoms with Crippen molar-refractivity contribution in [2.24, 2.45) is 0 Å². The molecule has 0 aliphatic carbocycles. The molecule has 2 aromatic carbocycles. The first-order chi connectivity index (χ1) is 13.6. The summed E-state index contributed by atoms with van der Waals surface area (Å²) in [5, 5.41) is 8.21. The van der Waals surface area contributed by atoms with Gasteiger partial charge in [-0.05, 0) is 42.7 Å². The summed E-state index contributed by atoms with van der Waals surface area (Å²) >= 11 is 0. The Bertz CT molecular complexity index is 972. The first-order valence-corrected chi connectivity index (χ1v) is 9.20. The predicted molar refractivity (Wildman–Crippen MR) is 97.8 cm³/mol. The van der Waals surface area contributed by atoms with Crippen LogP contribution in [0.15, 0.2) is 52.9 Å². The zero-order valence-corrected chi connectivity index (χ0v) is 15.1. The van der Waals surface area contributed by atoms with Crippen LogP contribution in [0.1, 0.15) is 46.5 Å². The maximum absolute atomic E-state index is 13.9. The fourth-order valence-corrected chi connectivity index (χ4v) is 3.45. The molecule has 1 aliphatic rings. The van der Waals surface area contributed by atoms with Crippen LogP contribution in [0.3, 0.4) is 0 Å². The van der Waals surface area contributed by atoms with Crippen LogP contribution in [0.2, 0.25) is 0 Å². The third kappa shape index (κ3) is 3.93. The predicted octanol–water partition coefficient (Wildman–Crippen LogP) is 3.96. The Labute approximate surface area is 161 Å². The molecule has 0 unspecified atom stereocenters. The molecular formula is C21H19F2N3O2. The van der Waals surface area contributed by atoms with Crippen LogP contribution in [-0.2, 0) is 6.42 Å². The number of likely N-dealkylation sites (tertiary alicyclic amines) is 1. The van der Waals surface area contributed by atoms with Gasteiger partial charge in [0, 0.05) is 13.1 Å². The summed E-state index contributed by atoms with van der Waals surface area (Å²) in [5.74, 6) is -0.305. The number of amides is 1. The van der Waals surface area contributed by atoms with Crippen molar-refractivity contribution in [2.45, 2.75) is 25.2 Å². The number of benzene rings is 2. The monoisotopic (exact) mass is 383 g/mol. The van der Waals surface area contributed by atoms with Crippen molar-refractivity contribution in [3.8, 4) is 0 Å². The Morgan fingerprint density at radius 1 is 1.11 bits per heavy atom. The summed E-state index contributed by atoms with van der Waals surface area (Å²) in [6.45, 7) is 0.978. The SMILES string of the molecule is O=C(c1ccccc1F)N1CCC[C@H](c2nnc(Cc3ccc(F)cc3)o2)C1. The van der Waals surface area contributed by atoms with E-state index in [1.54, 1.807) is 29.2 Å². The molecule has 4 rings (SSSR count). The average Bonchev–Trinajstić information content (AvgIpc) is 3.18. The standard InChI is InChI=1S/C21H19F2N3O2/c22-16-9-7-14(8-10-16)12-19-24-25-20(28-19)15-4-3-11-26(13-15)21(27)17-5-1-2-6-18(17)23/h1-2,5-10,15H,3-4,11-13H2/t15-/m0/s1. The normalized spacial score (nSPS) is 16.9. The van der Waals surface area contributed by atoms with E-state index in [4.69, 9.17) is 4.42 Å². The number of hydrogen-bond donors (Lipinski definition) is 0. The van der Waals surface area contributed by atoms with Gasteiger partial charge in [-0.2, -0.15) is 0 Å². The van der Waals surface area contributed by atoms with E-state index in [0.29, 0.717) is 31.3 Å². The number of hydrogen-bond acceptors (Lipinski definition) is 4. The minimum absolute atomic E-state index is 0.0747. The molecule has 144 valence electrons. The number of aromatic nitrogens is 2. The summed E-state index contributed by atoms with van der Waals surface area (Å²) in [7, 11) is 0. The van der Waals surface area contributed by atoms with Gasteiger partial charge in [0.15, 0.2) is 0 Å². The van der Waals surface area contributed by atoms with E-state index in [9.17, 15) is 13.6 Å². The first kappa shape index (κ1) is 18.3. The number of halogens is 2. The van der Waals surface area contributed by atoms with Crippen molar-refractivity contribution >= 4 is 5.91 Å². The molecule has 5 nitrogen and oxygen atoms in total. The van der Waals surface area contributed by atoms with Crippen LogP contribution in [0.4, 0.5) is 8.78 Å². The molecular weight excluding hydrogens is 364 g/mol. The van der Waals surface area contributed by atoms with Crippen LogP contribution >= 0.6 is 0 Å². The molecule has 3 aromatic rings. The number of carbonyl (C=O) groups excluding carboxylic acids is 1. The molecule has 1 aliphatic heterocycles. The molecule has 28 heavy (non-hydrogen) atoms. The lowest BCUT2D eigenvalue weighted by atomic mass is 9.97. The lowest BCUT2D eigenvalue weighted by Gasteiger charge is -2.31. The average molecular weight is 383 g/mol. The second-order valence-corrected chi connectivity index (χ2v) is 6.91. The van der Waals surface area contributed by atoms with Gasteiger partial charge in [0.1, 0.15) is 11.6 Å². The van der Waals surface area contributed by atoms with Gasteiger partial charge in [-0.25, -0.2) is 8.78 Å². The van der Waals surface area contributed by atoms with Crippen molar-refractivity contribution in [1.29, 1.82) is 0 Å². The molecule has 0 bridgehead atoms. The van der Waals surface area contributed by atoms with Gasteiger partial charge >= 0.3 is 0 Å². The molecule has 1 fully saturated rings. The van der Waals surface area contributed by atoms with Crippen LogP contribution < -0.4 is 0 Å². The van der Waals surface area contributed by atoms with E-state index >= 15 is 0 Å². The minimum atomic E-state index is -0.519. The summed E-state index contributed by atoms with van der Waals surface area (Å²) in [6, 6.07) is 12.1. The molecule has 1 atom stereocenters. The minimum Gasteiger partial charge on any atom is -0.425 e. The zero-order chi connectivity index (χ0) is 19.5. The van der Waals surface area contributed by atoms with Crippen LogP contribution in [0.25, 0.3) is 0 Å². The smallest absolute Gasteiger partial charge is 0.256 e. The number of nitrogens with zero attached hydrogens (tertiary/aromatic N) is 3. The molecule has 1 saturated heterocycles. The quantitative estimate of drug-likeness (QED) is 0.684. The highest BCUT2D eigenvalue weighted by Crippen LogP contribution is 2.27. The molecule has 0 N–H and O–H groups in total. The van der Waals surface area contributed by atoms with E-state index in [1.807, 2.05) is 0 Å². The largest absolute Gasteiger partial charge is 0.425 e. The maximum atomic E-state index is 13.9. The highest BCUT2D eigenvalue weighted by atomic mass is 19.1. The Hall–Kier alpha value is -3.09. The maximum Gasteiger partial charge on any atom is 0.256 e. The Balaban J connectivity index is 1.45. The van der Waals surface area contributed by atoms with E-state index < -0.39 is 5.82 Å². The van der Waals surface area contributed by atoms with Gasteiger partial charge in [0.2, 0.25) is 11.8 Å². The Morgan fingerprint density at radius 2 is 1.89 bits per heavy atom. The van der Waals surface area contributed by atoms with Gasteiger partial charge in [-0.15, -0.1) is 10.2 Å². The van der Waals surface area contributed by atoms with Crippen molar-refractivity contribution in [3.63, 3.8) is 0 Å². The van der Waals surface area contributed by atoms with E-state index in [-0.39, 0.29) is 23.2 Å². The molecule has 0 radical (unpaired) electrons. The fourth-order valence-electron chi connectivity index (χ4n) is 3.45. The molecule has 2 heterocycles. The van der Waals surface area contributed by atoms with Gasteiger partial charge in [-0.1, -0.05) is 24.3 Å². The number of carbonyl (C=O) groups is 1. The molecule has 1 aromatic heterocycles. The Morgan fingerprint density at radius 3 is 2.68 bits per heavy atom. The molecule has 1 amide bonds. The third-order valence-corrected chi connectivity index (χ3v) is 4.91. The van der Waals surface area contributed by atoms with Gasteiger partial charge < -0.3 is 9.32 Å². The second kappa shape index (κ2) is 7.88. The van der Waals surface area contributed by atoms with Crippen LogP contribution in [-0.4, -0.2) is 34.1 Å². The molecule has 0 spiro atoms. The van der Waals surface area contributed by atoms with Crippen molar-refractivity contribution in [3.05, 3.63) is 83.1 Å². The fraction of sp³-hybridized carbons (Fsp3) is 0.286. The molecule has 0 saturated carbocycles. The first-order valence-electron chi connectivity index (χ1n) is 9.20. The topological polar surface area (TPSA) is 59.2 Å². The Kier molecular flexibility index (Phi) is 5.14. The zero-order valence-electron chi connectivity index (χ0n) is 15.1. The lowest BCUT2D eigenvalue weighted by molar-refractivity contribution is 0.0693.